The van der Waals surface area contributed by atoms with Gasteiger partial charge in [0.15, 0.2) is 0 Å². The third-order valence-electron chi connectivity index (χ3n) is 3.05. The van der Waals surface area contributed by atoms with Gasteiger partial charge in [0.2, 0.25) is 11.8 Å². The number of para-hydroxylation sites is 1. The van der Waals surface area contributed by atoms with Crippen LogP contribution in [0.3, 0.4) is 0 Å². The molecular weight excluding hydrogens is 292 g/mol. The van der Waals surface area contributed by atoms with Crippen molar-refractivity contribution in [1.29, 1.82) is 0 Å². The van der Waals surface area contributed by atoms with Crippen molar-refractivity contribution >= 4 is 35.2 Å². The molecule has 0 aliphatic carbocycles. The second kappa shape index (κ2) is 7.12. The molecular formula is C14H16N2O4S. The molecule has 2 amide bonds. The Kier molecular flexibility index (Phi) is 5.21. The molecule has 0 saturated carbocycles. The summed E-state index contributed by atoms with van der Waals surface area (Å²) in [5.41, 5.74) is 1.25. The number of benzene rings is 1. The Morgan fingerprint density at radius 1 is 1.43 bits per heavy atom. The van der Waals surface area contributed by atoms with Gasteiger partial charge in [0.1, 0.15) is 0 Å². The zero-order valence-electron chi connectivity index (χ0n) is 11.5. The zero-order chi connectivity index (χ0) is 15.2. The lowest BCUT2D eigenvalue weighted by atomic mass is 10.1. The Morgan fingerprint density at radius 3 is 2.86 bits per heavy atom. The number of rotatable bonds is 5. The number of esters is 1. The van der Waals surface area contributed by atoms with Crippen LogP contribution in [0.5, 0.6) is 0 Å². The van der Waals surface area contributed by atoms with Gasteiger partial charge in [-0.05, 0) is 11.6 Å². The van der Waals surface area contributed by atoms with Gasteiger partial charge in [-0.25, -0.2) is 0 Å². The smallest absolute Gasteiger partial charge is 0.310 e. The fraction of sp³-hybridized carbons (Fsp3) is 0.357. The first kappa shape index (κ1) is 15.4. The average molecular weight is 308 g/mol. The van der Waals surface area contributed by atoms with Crippen LogP contribution in [0.25, 0.3) is 0 Å². The Balaban J connectivity index is 2.00. The summed E-state index contributed by atoms with van der Waals surface area (Å²) in [6, 6.07) is 7.03. The minimum absolute atomic E-state index is 0.0889. The summed E-state index contributed by atoms with van der Waals surface area (Å²) in [6.45, 7) is 0. The molecule has 2 N–H and O–H groups in total. The lowest BCUT2D eigenvalue weighted by Crippen LogP contribution is -2.27. The number of anilines is 1. The minimum Gasteiger partial charge on any atom is -0.469 e. The second-order valence-electron chi connectivity index (χ2n) is 4.50. The van der Waals surface area contributed by atoms with E-state index in [0.29, 0.717) is 17.1 Å². The summed E-state index contributed by atoms with van der Waals surface area (Å²) in [5, 5.41) is 5.06. The predicted molar refractivity (Wildman–Crippen MR) is 79.8 cm³/mol. The van der Waals surface area contributed by atoms with Crippen LogP contribution in [0.4, 0.5) is 5.69 Å². The van der Waals surface area contributed by atoms with E-state index in [-0.39, 0.29) is 35.9 Å². The second-order valence-corrected chi connectivity index (χ2v) is 5.69. The van der Waals surface area contributed by atoms with E-state index in [9.17, 15) is 14.4 Å². The predicted octanol–water partition coefficient (Wildman–Crippen LogP) is 0.920. The zero-order valence-corrected chi connectivity index (χ0v) is 12.4. The number of ether oxygens (including phenoxy) is 1. The quantitative estimate of drug-likeness (QED) is 0.790. The van der Waals surface area contributed by atoms with Crippen molar-refractivity contribution in [3.05, 3.63) is 29.8 Å². The molecule has 6 nitrogen and oxygen atoms in total. The SMILES string of the molecule is COC(=O)Cc1ccccc1NC(=O)CC1SCNC1=O. The first-order valence-electron chi connectivity index (χ1n) is 6.44. The molecule has 1 saturated heterocycles. The van der Waals surface area contributed by atoms with Crippen LogP contribution in [0.15, 0.2) is 24.3 Å². The van der Waals surface area contributed by atoms with E-state index in [4.69, 9.17) is 0 Å². The van der Waals surface area contributed by atoms with Crippen molar-refractivity contribution < 1.29 is 19.1 Å². The fourth-order valence-corrected chi connectivity index (χ4v) is 2.88. The molecule has 1 fully saturated rings. The number of amides is 2. The molecule has 112 valence electrons. The third kappa shape index (κ3) is 4.22. The monoisotopic (exact) mass is 308 g/mol. The van der Waals surface area contributed by atoms with Gasteiger partial charge in [0.25, 0.3) is 0 Å². The van der Waals surface area contributed by atoms with Crippen LogP contribution in [-0.2, 0) is 25.5 Å². The number of hydrogen-bond donors (Lipinski definition) is 2. The number of carbonyl (C=O) groups excluding carboxylic acids is 3. The van der Waals surface area contributed by atoms with Crippen LogP contribution in [-0.4, -0.2) is 36.0 Å². The number of carbonyl (C=O) groups is 3. The van der Waals surface area contributed by atoms with Crippen LogP contribution >= 0.6 is 11.8 Å². The maximum absolute atomic E-state index is 12.0. The number of methoxy groups -OCH3 is 1. The minimum atomic E-state index is -0.373. The molecule has 1 heterocycles. The van der Waals surface area contributed by atoms with Crippen molar-refractivity contribution in [3.63, 3.8) is 0 Å². The van der Waals surface area contributed by atoms with Gasteiger partial charge in [-0.15, -0.1) is 11.8 Å². The normalized spacial score (nSPS) is 17.2. The molecule has 1 unspecified atom stereocenters. The van der Waals surface area contributed by atoms with Crippen molar-refractivity contribution in [2.24, 2.45) is 0 Å². The highest BCUT2D eigenvalue weighted by molar-refractivity contribution is 8.01. The third-order valence-corrected chi connectivity index (χ3v) is 4.14. The van der Waals surface area contributed by atoms with E-state index in [1.165, 1.54) is 18.9 Å². The highest BCUT2D eigenvalue weighted by Gasteiger charge is 2.27. The van der Waals surface area contributed by atoms with Gasteiger partial charge in [-0.1, -0.05) is 18.2 Å². The van der Waals surface area contributed by atoms with Gasteiger partial charge in [-0.2, -0.15) is 0 Å². The van der Waals surface area contributed by atoms with E-state index in [1.54, 1.807) is 24.3 Å². The molecule has 1 atom stereocenters. The number of thioether (sulfide) groups is 1. The van der Waals surface area contributed by atoms with Gasteiger partial charge in [0, 0.05) is 12.1 Å². The van der Waals surface area contributed by atoms with E-state index >= 15 is 0 Å². The van der Waals surface area contributed by atoms with Gasteiger partial charge in [0.05, 0.1) is 24.7 Å². The summed E-state index contributed by atoms with van der Waals surface area (Å²) < 4.78 is 4.63. The molecule has 2 rings (SSSR count). The van der Waals surface area contributed by atoms with Crippen LogP contribution < -0.4 is 10.6 Å². The topological polar surface area (TPSA) is 84.5 Å². The molecule has 1 aromatic carbocycles. The van der Waals surface area contributed by atoms with Crippen molar-refractivity contribution in [2.45, 2.75) is 18.1 Å². The van der Waals surface area contributed by atoms with Crippen LogP contribution in [0, 0.1) is 0 Å². The van der Waals surface area contributed by atoms with Gasteiger partial charge < -0.3 is 15.4 Å². The number of hydrogen-bond acceptors (Lipinski definition) is 5. The van der Waals surface area contributed by atoms with E-state index in [0.717, 1.165) is 0 Å². The number of nitrogens with one attached hydrogen (secondary N) is 2. The Bertz CT molecular complexity index is 562. The molecule has 1 aliphatic rings. The summed E-state index contributed by atoms with van der Waals surface area (Å²) >= 11 is 1.41. The largest absolute Gasteiger partial charge is 0.469 e. The molecule has 1 aromatic rings. The van der Waals surface area contributed by atoms with Crippen molar-refractivity contribution in [3.8, 4) is 0 Å². The molecule has 7 heteroatoms. The summed E-state index contributed by atoms with van der Waals surface area (Å²) in [7, 11) is 1.32. The summed E-state index contributed by atoms with van der Waals surface area (Å²) in [6.07, 6.45) is 0.203. The Hall–Kier alpha value is -2.02. The van der Waals surface area contributed by atoms with Gasteiger partial charge >= 0.3 is 5.97 Å². The summed E-state index contributed by atoms with van der Waals surface area (Å²) in [5.74, 6) is -0.197. The molecule has 0 bridgehead atoms. The molecule has 1 aliphatic heterocycles. The lowest BCUT2D eigenvalue weighted by Gasteiger charge is -2.11. The average Bonchev–Trinajstić information content (AvgIpc) is 2.86. The molecule has 21 heavy (non-hydrogen) atoms. The van der Waals surface area contributed by atoms with E-state index in [2.05, 4.69) is 15.4 Å². The van der Waals surface area contributed by atoms with Gasteiger partial charge in [-0.3, -0.25) is 14.4 Å². The molecule has 0 radical (unpaired) electrons. The molecule has 0 spiro atoms. The van der Waals surface area contributed by atoms with Crippen LogP contribution in [0.2, 0.25) is 0 Å². The first-order valence-corrected chi connectivity index (χ1v) is 7.49. The maximum Gasteiger partial charge on any atom is 0.310 e. The van der Waals surface area contributed by atoms with Crippen LogP contribution in [0.1, 0.15) is 12.0 Å². The van der Waals surface area contributed by atoms with E-state index in [1.807, 2.05) is 0 Å². The van der Waals surface area contributed by atoms with Crippen molar-refractivity contribution in [1.82, 2.24) is 5.32 Å². The lowest BCUT2D eigenvalue weighted by molar-refractivity contribution is -0.139. The standard InChI is InChI=1S/C14H16N2O4S/c1-20-13(18)6-9-4-2-3-5-10(9)16-12(17)7-11-14(19)15-8-21-11/h2-5,11H,6-8H2,1H3,(H,15,19)(H,16,17). The highest BCUT2D eigenvalue weighted by Crippen LogP contribution is 2.21. The highest BCUT2D eigenvalue weighted by atomic mass is 32.2. The Morgan fingerprint density at radius 2 is 2.19 bits per heavy atom. The molecule has 0 aromatic heterocycles. The maximum atomic E-state index is 12.0. The van der Waals surface area contributed by atoms with E-state index < -0.39 is 0 Å². The summed E-state index contributed by atoms with van der Waals surface area (Å²) in [4.78, 5) is 34.8. The van der Waals surface area contributed by atoms with Crippen molar-refractivity contribution in [2.75, 3.05) is 18.3 Å². The fourth-order valence-electron chi connectivity index (χ4n) is 1.95. The first-order chi connectivity index (χ1) is 10.1. The Labute approximate surface area is 126 Å².